The molecule has 2 rings (SSSR count). The van der Waals surface area contributed by atoms with Crippen LogP contribution in [0, 0.1) is 0 Å². The van der Waals surface area contributed by atoms with E-state index in [1.165, 1.54) is 5.56 Å². The first-order valence-electron chi connectivity index (χ1n) is 6.77. The normalized spacial score (nSPS) is 25.8. The van der Waals surface area contributed by atoms with Crippen LogP contribution in [-0.4, -0.2) is 30.1 Å². The molecule has 1 heterocycles. The van der Waals surface area contributed by atoms with Crippen LogP contribution in [0.4, 0.5) is 0 Å². The molecule has 0 amide bonds. The van der Waals surface area contributed by atoms with Gasteiger partial charge in [-0.15, -0.1) is 0 Å². The second-order valence-corrected chi connectivity index (χ2v) is 4.64. The summed E-state index contributed by atoms with van der Waals surface area (Å²) in [6.07, 6.45) is 2.27. The van der Waals surface area contributed by atoms with Gasteiger partial charge in [0.25, 0.3) is 0 Å². The summed E-state index contributed by atoms with van der Waals surface area (Å²) < 4.78 is 5.15. The molecule has 1 fully saturated rings. The first kappa shape index (κ1) is 13.1. The lowest BCUT2D eigenvalue weighted by Crippen LogP contribution is -2.16. The smallest absolute Gasteiger partial charge is 0.325 e. The van der Waals surface area contributed by atoms with Gasteiger partial charge in [0.05, 0.1) is 12.6 Å². The van der Waals surface area contributed by atoms with Gasteiger partial charge in [-0.1, -0.05) is 43.7 Å². The number of hydrogen-bond acceptors (Lipinski definition) is 3. The van der Waals surface area contributed by atoms with Crippen LogP contribution in [0.5, 0.6) is 0 Å². The fourth-order valence-corrected chi connectivity index (χ4v) is 2.41. The van der Waals surface area contributed by atoms with Gasteiger partial charge in [0.1, 0.15) is 6.04 Å². The van der Waals surface area contributed by atoms with Crippen molar-refractivity contribution in [2.75, 3.05) is 13.2 Å². The van der Waals surface area contributed by atoms with Gasteiger partial charge in [-0.05, 0) is 25.5 Å². The Balaban J connectivity index is 2.05. The van der Waals surface area contributed by atoms with Crippen LogP contribution in [0.15, 0.2) is 30.3 Å². The Hall–Kier alpha value is -1.35. The molecule has 3 unspecified atom stereocenters. The Morgan fingerprint density at radius 2 is 2.00 bits per heavy atom. The van der Waals surface area contributed by atoms with Gasteiger partial charge in [-0.2, -0.15) is 0 Å². The van der Waals surface area contributed by atoms with E-state index in [-0.39, 0.29) is 18.1 Å². The molecule has 1 aliphatic heterocycles. The SMILES string of the molecule is CCCCN1C(C(=O)OCC)C1c1ccccc1. The predicted molar refractivity (Wildman–Crippen MR) is 71.2 cm³/mol. The Labute approximate surface area is 109 Å². The molecule has 3 heteroatoms. The summed E-state index contributed by atoms with van der Waals surface area (Å²) in [5.74, 6) is -0.0811. The Bertz CT molecular complexity index is 391. The van der Waals surface area contributed by atoms with Gasteiger partial charge in [0.2, 0.25) is 0 Å². The maximum Gasteiger partial charge on any atom is 0.325 e. The zero-order valence-corrected chi connectivity index (χ0v) is 11.1. The highest BCUT2D eigenvalue weighted by atomic mass is 16.5. The Morgan fingerprint density at radius 1 is 1.28 bits per heavy atom. The molecule has 1 aromatic carbocycles. The van der Waals surface area contributed by atoms with Gasteiger partial charge < -0.3 is 4.74 Å². The molecule has 0 spiro atoms. The molecule has 98 valence electrons. The number of rotatable bonds is 6. The van der Waals surface area contributed by atoms with Crippen LogP contribution < -0.4 is 0 Å². The van der Waals surface area contributed by atoms with Gasteiger partial charge >= 0.3 is 5.97 Å². The van der Waals surface area contributed by atoms with Crippen LogP contribution in [-0.2, 0) is 9.53 Å². The highest BCUT2D eigenvalue weighted by Crippen LogP contribution is 2.43. The standard InChI is InChI=1S/C15H21NO2/c1-3-5-11-16-13(12-9-7-6-8-10-12)14(16)15(17)18-4-2/h6-10,13-14H,3-5,11H2,1-2H3. The molecule has 1 aliphatic rings. The summed E-state index contributed by atoms with van der Waals surface area (Å²) in [6, 6.07) is 10.4. The quantitative estimate of drug-likeness (QED) is 0.572. The minimum atomic E-state index is -0.0811. The first-order chi connectivity index (χ1) is 8.79. The summed E-state index contributed by atoms with van der Waals surface area (Å²) in [5, 5.41) is 0. The van der Waals surface area contributed by atoms with E-state index in [2.05, 4.69) is 24.0 Å². The molecule has 3 nitrogen and oxygen atoms in total. The van der Waals surface area contributed by atoms with Crippen molar-refractivity contribution < 1.29 is 9.53 Å². The second kappa shape index (κ2) is 6.01. The average Bonchev–Trinajstić information content (AvgIpc) is 3.12. The molecule has 0 radical (unpaired) electrons. The van der Waals surface area contributed by atoms with Crippen LogP contribution in [0.1, 0.15) is 38.3 Å². The minimum Gasteiger partial charge on any atom is -0.465 e. The summed E-state index contributed by atoms with van der Waals surface area (Å²) >= 11 is 0. The van der Waals surface area contributed by atoms with Crippen LogP contribution in [0.2, 0.25) is 0 Å². The molecule has 0 bridgehead atoms. The van der Waals surface area contributed by atoms with E-state index in [1.54, 1.807) is 0 Å². The maximum absolute atomic E-state index is 11.9. The van der Waals surface area contributed by atoms with E-state index in [9.17, 15) is 4.79 Å². The predicted octanol–water partition coefficient (Wildman–Crippen LogP) is 2.78. The van der Waals surface area contributed by atoms with E-state index >= 15 is 0 Å². The van der Waals surface area contributed by atoms with Gasteiger partial charge in [0.15, 0.2) is 0 Å². The van der Waals surface area contributed by atoms with Crippen molar-refractivity contribution in [2.45, 2.75) is 38.8 Å². The maximum atomic E-state index is 11.9. The molecular formula is C15H21NO2. The zero-order valence-electron chi connectivity index (χ0n) is 11.1. The Kier molecular flexibility index (Phi) is 4.37. The van der Waals surface area contributed by atoms with E-state index in [0.29, 0.717) is 6.61 Å². The van der Waals surface area contributed by atoms with Crippen molar-refractivity contribution in [1.82, 2.24) is 4.90 Å². The number of hydrogen-bond donors (Lipinski definition) is 0. The van der Waals surface area contributed by atoms with Crippen LogP contribution in [0.3, 0.4) is 0 Å². The van der Waals surface area contributed by atoms with Gasteiger partial charge in [0, 0.05) is 0 Å². The summed E-state index contributed by atoms with van der Waals surface area (Å²) in [7, 11) is 0. The molecule has 1 saturated heterocycles. The van der Waals surface area contributed by atoms with Crippen molar-refractivity contribution in [3.8, 4) is 0 Å². The van der Waals surface area contributed by atoms with Crippen LogP contribution in [0.25, 0.3) is 0 Å². The molecule has 18 heavy (non-hydrogen) atoms. The Morgan fingerprint density at radius 3 is 2.61 bits per heavy atom. The van der Waals surface area contributed by atoms with E-state index in [0.717, 1.165) is 19.4 Å². The molecule has 0 aromatic heterocycles. The molecule has 3 atom stereocenters. The number of benzene rings is 1. The largest absolute Gasteiger partial charge is 0.465 e. The third kappa shape index (κ3) is 2.72. The molecular weight excluding hydrogens is 226 g/mol. The van der Waals surface area contributed by atoms with Gasteiger partial charge in [-0.25, -0.2) is 0 Å². The van der Waals surface area contributed by atoms with Crippen LogP contribution >= 0.6 is 0 Å². The van der Waals surface area contributed by atoms with Crippen molar-refractivity contribution in [3.05, 3.63) is 35.9 Å². The molecule has 0 aliphatic carbocycles. The number of esters is 1. The number of nitrogens with zero attached hydrogens (tertiary/aromatic N) is 1. The number of carbonyl (C=O) groups is 1. The highest BCUT2D eigenvalue weighted by Gasteiger charge is 2.53. The lowest BCUT2D eigenvalue weighted by Gasteiger charge is -2.02. The van der Waals surface area contributed by atoms with E-state index in [1.807, 2.05) is 25.1 Å². The number of unbranched alkanes of at least 4 members (excludes halogenated alkanes) is 1. The van der Waals surface area contributed by atoms with Crippen molar-refractivity contribution >= 4 is 5.97 Å². The third-order valence-electron chi connectivity index (χ3n) is 3.36. The van der Waals surface area contributed by atoms with E-state index in [4.69, 9.17) is 4.74 Å². The van der Waals surface area contributed by atoms with Crippen molar-refractivity contribution in [1.29, 1.82) is 0 Å². The van der Waals surface area contributed by atoms with Gasteiger partial charge in [-0.3, -0.25) is 9.69 Å². The molecule has 0 N–H and O–H groups in total. The fraction of sp³-hybridized carbons (Fsp3) is 0.533. The third-order valence-corrected chi connectivity index (χ3v) is 3.36. The van der Waals surface area contributed by atoms with E-state index < -0.39 is 0 Å². The molecule has 0 saturated carbocycles. The topological polar surface area (TPSA) is 29.3 Å². The monoisotopic (exact) mass is 247 g/mol. The summed E-state index contributed by atoms with van der Waals surface area (Å²) in [4.78, 5) is 14.1. The minimum absolute atomic E-state index is 0.0705. The van der Waals surface area contributed by atoms with Crippen molar-refractivity contribution in [2.24, 2.45) is 0 Å². The average molecular weight is 247 g/mol. The highest BCUT2D eigenvalue weighted by molar-refractivity contribution is 5.80. The lowest BCUT2D eigenvalue weighted by molar-refractivity contribution is -0.143. The number of ether oxygens (including phenoxy) is 1. The summed E-state index contributed by atoms with van der Waals surface area (Å²) in [5.41, 5.74) is 1.21. The fourth-order valence-electron chi connectivity index (χ4n) is 2.41. The lowest BCUT2D eigenvalue weighted by atomic mass is 10.1. The number of carbonyl (C=O) groups excluding carboxylic acids is 1. The van der Waals surface area contributed by atoms with Crippen molar-refractivity contribution in [3.63, 3.8) is 0 Å². The summed E-state index contributed by atoms with van der Waals surface area (Å²) in [6.45, 7) is 5.45. The molecule has 1 aromatic rings. The second-order valence-electron chi connectivity index (χ2n) is 4.64. The first-order valence-corrected chi connectivity index (χ1v) is 6.77. The zero-order chi connectivity index (χ0) is 13.0.